The van der Waals surface area contributed by atoms with Crippen molar-refractivity contribution >= 4 is 8.07 Å². The van der Waals surface area contributed by atoms with E-state index in [4.69, 9.17) is 0 Å². The van der Waals surface area contributed by atoms with E-state index in [2.05, 4.69) is 95.4 Å². The SMILES string of the molecule is C.CC.CC(C)(C)C.CCC.CCC.CCCC.C[Si](C)(C)C.c1ccccc1. The Balaban J connectivity index is -0.0000000398. The molecule has 1 aromatic carbocycles. The van der Waals surface area contributed by atoms with Gasteiger partial charge in [0.25, 0.3) is 0 Å². The van der Waals surface area contributed by atoms with Crippen molar-refractivity contribution in [1.29, 1.82) is 0 Å². The second kappa shape index (κ2) is 41.7. The van der Waals surface area contributed by atoms with Gasteiger partial charge in [-0.3, -0.25) is 0 Å². The molecule has 1 rings (SSSR count). The number of unbranched alkanes of at least 4 members (excludes halogenated alkanes) is 1. The Morgan fingerprint density at radius 3 is 0.621 bits per heavy atom. The zero-order chi connectivity index (χ0) is 24.1. The molecular formula is C28H66Si. The van der Waals surface area contributed by atoms with E-state index < -0.39 is 8.07 Å². The number of hydrogen-bond acceptors (Lipinski definition) is 0. The molecule has 0 atom stereocenters. The van der Waals surface area contributed by atoms with E-state index in [-0.39, 0.29) is 7.43 Å². The smallest absolute Gasteiger partial charge is 0.0411 e. The summed E-state index contributed by atoms with van der Waals surface area (Å²) in [7, 11) is -0.611. The summed E-state index contributed by atoms with van der Waals surface area (Å²) in [4.78, 5) is 0. The van der Waals surface area contributed by atoms with Gasteiger partial charge in [-0.15, -0.1) is 0 Å². The normalized spacial score (nSPS) is 8.28. The van der Waals surface area contributed by atoms with Crippen molar-refractivity contribution in [1.82, 2.24) is 0 Å². The highest BCUT2D eigenvalue weighted by Gasteiger charge is 1.99. The average Bonchev–Trinajstić information content (AvgIpc) is 2.57. The lowest BCUT2D eigenvalue weighted by molar-refractivity contribution is 0.469. The quantitative estimate of drug-likeness (QED) is 0.388. The first kappa shape index (κ1) is 46.6. The molecule has 0 saturated carbocycles. The van der Waals surface area contributed by atoms with Crippen molar-refractivity contribution in [2.24, 2.45) is 5.41 Å². The highest BCUT2D eigenvalue weighted by Crippen LogP contribution is 2.08. The topological polar surface area (TPSA) is 0 Å². The first-order chi connectivity index (χ1) is 12.7. The molecule has 0 amide bonds. The van der Waals surface area contributed by atoms with Crippen LogP contribution in [0.1, 0.15) is 116 Å². The van der Waals surface area contributed by atoms with Crippen molar-refractivity contribution in [3.05, 3.63) is 36.4 Å². The standard InChI is InChI=1S/C6H6.C5H12.C4H12Si.C4H10.2C3H8.C2H6.CH4/c1-2-4-6-5-3-1;2*1-5(2,3)4;1-3-4-2;2*1-3-2;1-2;/h1-6H;2*1-4H3;3-4H2,1-2H3;2*3H2,1-2H3;1-2H3;1H4. The number of benzene rings is 1. The van der Waals surface area contributed by atoms with Gasteiger partial charge in [-0.1, -0.05) is 179 Å². The van der Waals surface area contributed by atoms with E-state index in [1.165, 1.54) is 25.7 Å². The van der Waals surface area contributed by atoms with E-state index >= 15 is 0 Å². The molecule has 182 valence electrons. The van der Waals surface area contributed by atoms with Gasteiger partial charge >= 0.3 is 0 Å². The summed E-state index contributed by atoms with van der Waals surface area (Å²) < 4.78 is 0. The Morgan fingerprint density at radius 1 is 0.517 bits per heavy atom. The third-order valence-corrected chi connectivity index (χ3v) is 1.17. The van der Waals surface area contributed by atoms with Gasteiger partial charge in [0.05, 0.1) is 0 Å². The van der Waals surface area contributed by atoms with Gasteiger partial charge in [0.1, 0.15) is 0 Å². The molecule has 1 aromatic rings. The van der Waals surface area contributed by atoms with Crippen LogP contribution in [0.3, 0.4) is 0 Å². The van der Waals surface area contributed by atoms with Gasteiger partial charge in [0.2, 0.25) is 0 Å². The minimum absolute atomic E-state index is 0. The molecule has 0 N–H and O–H groups in total. The molecule has 0 aliphatic rings. The maximum absolute atomic E-state index is 2.33. The second-order valence-electron chi connectivity index (χ2n) is 9.57. The molecule has 0 spiro atoms. The van der Waals surface area contributed by atoms with Gasteiger partial charge in [-0.05, 0) is 5.41 Å². The van der Waals surface area contributed by atoms with Gasteiger partial charge in [-0.25, -0.2) is 0 Å². The summed E-state index contributed by atoms with van der Waals surface area (Å²) >= 11 is 0. The minimum Gasteiger partial charge on any atom is -0.0776 e. The molecule has 1 heteroatoms. The lowest BCUT2D eigenvalue weighted by Gasteiger charge is -2.05. The van der Waals surface area contributed by atoms with Crippen LogP contribution in [0.25, 0.3) is 0 Å². The zero-order valence-electron chi connectivity index (χ0n) is 23.3. The van der Waals surface area contributed by atoms with Crippen molar-refractivity contribution < 1.29 is 0 Å². The zero-order valence-corrected chi connectivity index (χ0v) is 24.3. The lowest BCUT2D eigenvalue weighted by Crippen LogP contribution is -2.10. The third-order valence-electron chi connectivity index (χ3n) is 1.17. The van der Waals surface area contributed by atoms with Crippen LogP contribution in [0.15, 0.2) is 36.4 Å². The van der Waals surface area contributed by atoms with Crippen molar-refractivity contribution in [3.8, 4) is 0 Å². The Bertz CT molecular complexity index is 223. The van der Waals surface area contributed by atoms with E-state index in [1.807, 2.05) is 50.2 Å². The number of hydrogen-bond donors (Lipinski definition) is 0. The van der Waals surface area contributed by atoms with Gasteiger partial charge in [0, 0.05) is 8.07 Å². The predicted molar refractivity (Wildman–Crippen MR) is 151 cm³/mol. The fourth-order valence-corrected chi connectivity index (χ4v) is 0.385. The first-order valence-electron chi connectivity index (χ1n) is 11.7. The van der Waals surface area contributed by atoms with Crippen molar-refractivity contribution in [2.45, 2.75) is 142 Å². The van der Waals surface area contributed by atoms with Crippen LogP contribution < -0.4 is 0 Å². The first-order valence-corrected chi connectivity index (χ1v) is 15.7. The second-order valence-corrected chi connectivity index (χ2v) is 15.6. The fourth-order valence-electron chi connectivity index (χ4n) is 0.385. The van der Waals surface area contributed by atoms with Crippen molar-refractivity contribution in [3.63, 3.8) is 0 Å². The molecule has 0 aromatic heterocycles. The Labute approximate surface area is 192 Å². The van der Waals surface area contributed by atoms with Crippen LogP contribution in [-0.4, -0.2) is 8.07 Å². The van der Waals surface area contributed by atoms with Crippen LogP contribution in [-0.2, 0) is 0 Å². The molecule has 0 nitrogen and oxygen atoms in total. The van der Waals surface area contributed by atoms with Crippen LogP contribution in [0, 0.1) is 5.41 Å². The summed E-state index contributed by atoms with van der Waals surface area (Å²) in [5.74, 6) is 0. The van der Waals surface area contributed by atoms with Crippen LogP contribution in [0.2, 0.25) is 26.2 Å². The highest BCUT2D eigenvalue weighted by atomic mass is 28.3. The third kappa shape index (κ3) is 428. The summed E-state index contributed by atoms with van der Waals surface area (Å²) in [5.41, 5.74) is 0.500. The Morgan fingerprint density at radius 2 is 0.586 bits per heavy atom. The molecular weight excluding hydrogens is 364 g/mol. The molecule has 0 aliphatic carbocycles. The van der Waals surface area contributed by atoms with Gasteiger partial charge in [0.15, 0.2) is 0 Å². The molecule has 0 heterocycles. The summed E-state index contributed by atoms with van der Waals surface area (Å²) in [6.07, 6.45) is 5.14. The summed E-state index contributed by atoms with van der Waals surface area (Å²) in [6, 6.07) is 12.0. The van der Waals surface area contributed by atoms with Crippen molar-refractivity contribution in [2.75, 3.05) is 0 Å². The van der Waals surface area contributed by atoms with E-state index in [1.54, 1.807) is 0 Å². The van der Waals surface area contributed by atoms with Crippen LogP contribution >= 0.6 is 0 Å². The molecule has 0 fully saturated rings. The summed E-state index contributed by atoms with van der Waals surface area (Å²) in [5, 5.41) is 0. The van der Waals surface area contributed by atoms with E-state index in [9.17, 15) is 0 Å². The number of rotatable bonds is 1. The van der Waals surface area contributed by atoms with E-state index in [0.717, 1.165) is 0 Å². The monoisotopic (exact) mass is 430 g/mol. The molecule has 0 unspecified atom stereocenters. The van der Waals surface area contributed by atoms with Crippen LogP contribution in [0.4, 0.5) is 0 Å². The largest absolute Gasteiger partial charge is 0.0776 e. The maximum atomic E-state index is 2.33. The van der Waals surface area contributed by atoms with Crippen LogP contribution in [0.5, 0.6) is 0 Å². The molecule has 0 saturated heterocycles. The molecule has 0 aliphatic heterocycles. The average molecular weight is 431 g/mol. The minimum atomic E-state index is -0.611. The lowest BCUT2D eigenvalue weighted by atomic mass is 10.0. The van der Waals surface area contributed by atoms with Gasteiger partial charge in [-0.2, -0.15) is 0 Å². The fraction of sp³-hybridized carbons (Fsp3) is 0.786. The Kier molecular flexibility index (Phi) is 67.0. The Hall–Kier alpha value is -0.563. The molecule has 0 bridgehead atoms. The summed E-state index contributed by atoms with van der Waals surface area (Å²) in [6.45, 7) is 34.9. The predicted octanol–water partition coefficient (Wildman–Crippen LogP) is 12.0. The maximum Gasteiger partial charge on any atom is 0.0411 e. The molecule has 29 heavy (non-hydrogen) atoms. The van der Waals surface area contributed by atoms with E-state index in [0.29, 0.717) is 5.41 Å². The molecule has 0 radical (unpaired) electrons. The highest BCUT2D eigenvalue weighted by molar-refractivity contribution is 6.74. The van der Waals surface area contributed by atoms with Gasteiger partial charge < -0.3 is 0 Å².